The molecule has 1 rings (SSSR count). The molecule has 0 aromatic carbocycles. The second-order valence-corrected chi connectivity index (χ2v) is 5.14. The summed E-state index contributed by atoms with van der Waals surface area (Å²) < 4.78 is 0. The first-order chi connectivity index (χ1) is 9.01. The van der Waals surface area contributed by atoms with E-state index in [0.29, 0.717) is 32.0 Å². The SMILES string of the molecule is CCN(CC)C(=O)CCC(=O)N1CCNC(C)C1C. The van der Waals surface area contributed by atoms with Gasteiger partial charge in [0, 0.05) is 51.1 Å². The van der Waals surface area contributed by atoms with Crippen LogP contribution in [0.15, 0.2) is 0 Å². The number of nitrogens with one attached hydrogen (secondary N) is 1. The molecule has 19 heavy (non-hydrogen) atoms. The predicted octanol–water partition coefficient (Wildman–Crippen LogP) is 0.844. The lowest BCUT2D eigenvalue weighted by atomic mass is 10.1. The zero-order chi connectivity index (χ0) is 14.4. The van der Waals surface area contributed by atoms with E-state index in [0.717, 1.165) is 13.1 Å². The summed E-state index contributed by atoms with van der Waals surface area (Å²) in [5.41, 5.74) is 0. The smallest absolute Gasteiger partial charge is 0.223 e. The van der Waals surface area contributed by atoms with Gasteiger partial charge in [0.25, 0.3) is 0 Å². The number of hydrogen-bond acceptors (Lipinski definition) is 3. The maximum absolute atomic E-state index is 12.2. The van der Waals surface area contributed by atoms with Crippen LogP contribution in [0.2, 0.25) is 0 Å². The summed E-state index contributed by atoms with van der Waals surface area (Å²) in [5, 5.41) is 3.35. The molecule has 2 atom stereocenters. The zero-order valence-corrected chi connectivity index (χ0v) is 12.6. The molecule has 1 aliphatic rings. The molecule has 1 N–H and O–H groups in total. The first kappa shape index (κ1) is 16.0. The molecule has 0 aromatic rings. The van der Waals surface area contributed by atoms with E-state index in [4.69, 9.17) is 0 Å². The third kappa shape index (κ3) is 4.20. The van der Waals surface area contributed by atoms with E-state index in [9.17, 15) is 9.59 Å². The van der Waals surface area contributed by atoms with Gasteiger partial charge in [-0.2, -0.15) is 0 Å². The van der Waals surface area contributed by atoms with E-state index < -0.39 is 0 Å². The summed E-state index contributed by atoms with van der Waals surface area (Å²) in [6.45, 7) is 11.1. The van der Waals surface area contributed by atoms with Gasteiger partial charge in [0.15, 0.2) is 0 Å². The Morgan fingerprint density at radius 3 is 2.42 bits per heavy atom. The standard InChI is InChI=1S/C14H27N3O2/c1-5-16(6-2)13(18)7-8-14(19)17-10-9-15-11(3)12(17)4/h11-12,15H,5-10H2,1-4H3. The molecule has 1 aliphatic heterocycles. The highest BCUT2D eigenvalue weighted by atomic mass is 16.2. The van der Waals surface area contributed by atoms with Gasteiger partial charge in [-0.15, -0.1) is 0 Å². The molecule has 110 valence electrons. The molecule has 0 aliphatic carbocycles. The minimum atomic E-state index is 0.0779. The maximum atomic E-state index is 12.2. The first-order valence-corrected chi connectivity index (χ1v) is 7.31. The zero-order valence-electron chi connectivity index (χ0n) is 12.6. The number of nitrogens with zero attached hydrogens (tertiary/aromatic N) is 2. The highest BCUT2D eigenvalue weighted by Gasteiger charge is 2.28. The average molecular weight is 269 g/mol. The topological polar surface area (TPSA) is 52.7 Å². The molecule has 1 fully saturated rings. The number of carbonyl (C=O) groups excluding carboxylic acids is 2. The number of amides is 2. The van der Waals surface area contributed by atoms with Crippen LogP contribution in [0.3, 0.4) is 0 Å². The van der Waals surface area contributed by atoms with Gasteiger partial charge in [0.1, 0.15) is 0 Å². The summed E-state index contributed by atoms with van der Waals surface area (Å²) in [4.78, 5) is 27.7. The fourth-order valence-electron chi connectivity index (χ4n) is 2.50. The van der Waals surface area contributed by atoms with Crippen molar-refractivity contribution in [3.63, 3.8) is 0 Å². The number of carbonyl (C=O) groups is 2. The lowest BCUT2D eigenvalue weighted by Crippen LogP contribution is -2.57. The van der Waals surface area contributed by atoms with Crippen molar-refractivity contribution in [2.45, 2.75) is 52.6 Å². The van der Waals surface area contributed by atoms with Gasteiger partial charge in [-0.3, -0.25) is 9.59 Å². The fraction of sp³-hybridized carbons (Fsp3) is 0.857. The first-order valence-electron chi connectivity index (χ1n) is 7.31. The van der Waals surface area contributed by atoms with Crippen molar-refractivity contribution < 1.29 is 9.59 Å². The third-order valence-electron chi connectivity index (χ3n) is 4.02. The van der Waals surface area contributed by atoms with Gasteiger partial charge in [-0.1, -0.05) is 0 Å². The monoisotopic (exact) mass is 269 g/mol. The molecule has 1 saturated heterocycles. The predicted molar refractivity (Wildman–Crippen MR) is 75.8 cm³/mol. The van der Waals surface area contributed by atoms with Crippen molar-refractivity contribution in [1.29, 1.82) is 0 Å². The Hall–Kier alpha value is -1.10. The van der Waals surface area contributed by atoms with Crippen molar-refractivity contribution in [1.82, 2.24) is 15.1 Å². The van der Waals surface area contributed by atoms with Crippen molar-refractivity contribution in [2.75, 3.05) is 26.2 Å². The lowest BCUT2D eigenvalue weighted by Gasteiger charge is -2.38. The van der Waals surface area contributed by atoms with Gasteiger partial charge in [0.2, 0.25) is 11.8 Å². The Morgan fingerprint density at radius 1 is 1.21 bits per heavy atom. The van der Waals surface area contributed by atoms with Crippen molar-refractivity contribution in [2.24, 2.45) is 0 Å². The van der Waals surface area contributed by atoms with E-state index in [-0.39, 0.29) is 17.9 Å². The van der Waals surface area contributed by atoms with E-state index >= 15 is 0 Å². The fourth-order valence-corrected chi connectivity index (χ4v) is 2.50. The summed E-state index contributed by atoms with van der Waals surface area (Å²) in [6, 6.07) is 0.515. The highest BCUT2D eigenvalue weighted by molar-refractivity contribution is 5.84. The molecular formula is C14H27N3O2. The summed E-state index contributed by atoms with van der Waals surface area (Å²) >= 11 is 0. The molecule has 0 bridgehead atoms. The van der Waals surface area contributed by atoms with Gasteiger partial charge >= 0.3 is 0 Å². The quantitative estimate of drug-likeness (QED) is 0.805. The highest BCUT2D eigenvalue weighted by Crippen LogP contribution is 2.11. The van der Waals surface area contributed by atoms with E-state index in [1.165, 1.54) is 0 Å². The molecule has 0 radical (unpaired) electrons. The second kappa shape index (κ2) is 7.48. The maximum Gasteiger partial charge on any atom is 0.223 e. The van der Waals surface area contributed by atoms with Crippen LogP contribution in [-0.2, 0) is 9.59 Å². The van der Waals surface area contributed by atoms with E-state index in [1.807, 2.05) is 18.7 Å². The summed E-state index contributed by atoms with van der Waals surface area (Å²) in [5.74, 6) is 0.176. The molecule has 1 heterocycles. The van der Waals surface area contributed by atoms with Gasteiger partial charge < -0.3 is 15.1 Å². The molecule has 5 nitrogen and oxygen atoms in total. The average Bonchev–Trinajstić information content (AvgIpc) is 2.40. The van der Waals surface area contributed by atoms with Crippen LogP contribution in [-0.4, -0.2) is 59.9 Å². The van der Waals surface area contributed by atoms with Gasteiger partial charge in [0.05, 0.1) is 0 Å². The summed E-state index contributed by atoms with van der Waals surface area (Å²) in [6.07, 6.45) is 0.651. The second-order valence-electron chi connectivity index (χ2n) is 5.14. The van der Waals surface area contributed by atoms with E-state index in [1.54, 1.807) is 4.90 Å². The molecule has 0 aromatic heterocycles. The van der Waals surface area contributed by atoms with Crippen LogP contribution >= 0.6 is 0 Å². The van der Waals surface area contributed by atoms with Gasteiger partial charge in [-0.05, 0) is 27.7 Å². The Bertz CT molecular complexity index is 316. The van der Waals surface area contributed by atoms with Crippen LogP contribution < -0.4 is 5.32 Å². The molecule has 2 amide bonds. The van der Waals surface area contributed by atoms with Crippen LogP contribution in [0.25, 0.3) is 0 Å². The largest absolute Gasteiger partial charge is 0.343 e. The number of hydrogen-bond donors (Lipinski definition) is 1. The van der Waals surface area contributed by atoms with Gasteiger partial charge in [-0.25, -0.2) is 0 Å². The minimum absolute atomic E-state index is 0.0779. The Morgan fingerprint density at radius 2 is 1.84 bits per heavy atom. The van der Waals surface area contributed by atoms with Crippen LogP contribution in [0.5, 0.6) is 0 Å². The van der Waals surface area contributed by atoms with Crippen molar-refractivity contribution >= 4 is 11.8 Å². The molecule has 2 unspecified atom stereocenters. The van der Waals surface area contributed by atoms with E-state index in [2.05, 4.69) is 19.2 Å². The molecular weight excluding hydrogens is 242 g/mol. The minimum Gasteiger partial charge on any atom is -0.343 e. The van der Waals surface area contributed by atoms with Crippen LogP contribution in [0.4, 0.5) is 0 Å². The molecule has 0 spiro atoms. The number of rotatable bonds is 5. The molecule has 5 heteroatoms. The molecule has 0 saturated carbocycles. The number of piperazine rings is 1. The van der Waals surface area contributed by atoms with Crippen LogP contribution in [0, 0.1) is 0 Å². The van der Waals surface area contributed by atoms with Crippen molar-refractivity contribution in [3.8, 4) is 0 Å². The normalized spacial score (nSPS) is 23.3. The Balaban J connectivity index is 2.44. The van der Waals surface area contributed by atoms with Crippen LogP contribution in [0.1, 0.15) is 40.5 Å². The van der Waals surface area contributed by atoms with Crippen molar-refractivity contribution in [3.05, 3.63) is 0 Å². The lowest BCUT2D eigenvalue weighted by molar-refractivity contribution is -0.139. The third-order valence-corrected chi connectivity index (χ3v) is 4.02. The Kier molecular flexibility index (Phi) is 6.28. The Labute approximate surface area is 116 Å². The summed E-state index contributed by atoms with van der Waals surface area (Å²) in [7, 11) is 0.